The number of aliphatic carboxylic acids is 1. The van der Waals surface area contributed by atoms with Crippen molar-refractivity contribution in [2.24, 2.45) is 0 Å². The second kappa shape index (κ2) is 8.00. The van der Waals surface area contributed by atoms with E-state index in [1.54, 1.807) is 36.4 Å². The van der Waals surface area contributed by atoms with Gasteiger partial charge in [-0.05, 0) is 17.7 Å². The van der Waals surface area contributed by atoms with Crippen molar-refractivity contribution in [2.45, 2.75) is 11.4 Å². The molecule has 8 heteroatoms. The summed E-state index contributed by atoms with van der Waals surface area (Å²) in [7, 11) is -1.36. The molecule has 0 bridgehead atoms. The molecule has 0 atom stereocenters. The summed E-state index contributed by atoms with van der Waals surface area (Å²) in [6, 6.07) is 13.1. The molecule has 0 aliphatic rings. The fraction of sp³-hybridized carbons (Fsp3) is 0.235. The van der Waals surface area contributed by atoms with Crippen molar-refractivity contribution in [1.82, 2.24) is 4.31 Å². The maximum Gasteiger partial charge on any atom is 0.318 e. The molecule has 0 fully saturated rings. The molecule has 0 saturated heterocycles. The Morgan fingerprint density at radius 2 is 1.76 bits per heavy atom. The maximum atomic E-state index is 13.0. The molecule has 2 rings (SSSR count). The van der Waals surface area contributed by atoms with Crippen LogP contribution in [-0.4, -0.2) is 44.6 Å². The molecule has 2 aromatic rings. The number of nitrogens with zero attached hydrogens (tertiary/aromatic N) is 1. The maximum absolute atomic E-state index is 13.0. The van der Waals surface area contributed by atoms with Gasteiger partial charge in [0.1, 0.15) is 22.9 Å². The summed E-state index contributed by atoms with van der Waals surface area (Å²) in [6.45, 7) is -0.743. The largest absolute Gasteiger partial charge is 0.497 e. The van der Waals surface area contributed by atoms with Crippen LogP contribution in [0.2, 0.25) is 0 Å². The van der Waals surface area contributed by atoms with Crippen LogP contribution in [0.5, 0.6) is 11.5 Å². The van der Waals surface area contributed by atoms with Crippen LogP contribution in [0, 0.1) is 0 Å². The lowest BCUT2D eigenvalue weighted by Gasteiger charge is -2.22. The van der Waals surface area contributed by atoms with Crippen LogP contribution < -0.4 is 9.47 Å². The van der Waals surface area contributed by atoms with Crippen LogP contribution in [0.15, 0.2) is 53.4 Å². The van der Waals surface area contributed by atoms with Crippen molar-refractivity contribution < 1.29 is 27.8 Å². The molecular formula is C17H19NO6S. The summed E-state index contributed by atoms with van der Waals surface area (Å²) in [5.41, 5.74) is 0.675. The number of carboxylic acids is 1. The normalized spacial score (nSPS) is 11.3. The Morgan fingerprint density at radius 1 is 1.08 bits per heavy atom. The number of hydrogen-bond donors (Lipinski definition) is 1. The number of ether oxygens (including phenoxy) is 2. The lowest BCUT2D eigenvalue weighted by atomic mass is 10.2. The predicted octanol–water partition coefficient (Wildman–Crippen LogP) is 1.98. The summed E-state index contributed by atoms with van der Waals surface area (Å²) >= 11 is 0. The first kappa shape index (κ1) is 18.8. The lowest BCUT2D eigenvalue weighted by Crippen LogP contribution is -2.35. The SMILES string of the molecule is COc1ccc(OC)c(S(=O)(=O)N(CC(=O)O)Cc2ccccc2)c1. The first-order chi connectivity index (χ1) is 11.9. The van der Waals surface area contributed by atoms with E-state index in [-0.39, 0.29) is 17.2 Å². The van der Waals surface area contributed by atoms with E-state index in [0.717, 1.165) is 4.31 Å². The van der Waals surface area contributed by atoms with Crippen molar-refractivity contribution >= 4 is 16.0 Å². The van der Waals surface area contributed by atoms with Gasteiger partial charge in [-0.3, -0.25) is 4.79 Å². The van der Waals surface area contributed by atoms with Crippen molar-refractivity contribution in [1.29, 1.82) is 0 Å². The zero-order valence-electron chi connectivity index (χ0n) is 13.9. The molecule has 0 spiro atoms. The number of carbonyl (C=O) groups is 1. The molecule has 134 valence electrons. The van der Waals surface area contributed by atoms with Crippen LogP contribution in [-0.2, 0) is 21.4 Å². The van der Waals surface area contributed by atoms with E-state index in [4.69, 9.17) is 14.6 Å². The average molecular weight is 365 g/mol. The minimum absolute atomic E-state index is 0.0736. The van der Waals surface area contributed by atoms with Gasteiger partial charge in [0, 0.05) is 12.6 Å². The average Bonchev–Trinajstić information content (AvgIpc) is 2.61. The fourth-order valence-corrected chi connectivity index (χ4v) is 3.84. The third kappa shape index (κ3) is 4.49. The van der Waals surface area contributed by atoms with Gasteiger partial charge in [0.15, 0.2) is 0 Å². The summed E-state index contributed by atoms with van der Waals surface area (Å²) < 4.78 is 37.2. The van der Waals surface area contributed by atoms with Gasteiger partial charge in [0.25, 0.3) is 0 Å². The highest BCUT2D eigenvalue weighted by Crippen LogP contribution is 2.31. The Morgan fingerprint density at radius 3 is 2.32 bits per heavy atom. The first-order valence-electron chi connectivity index (χ1n) is 7.36. The van der Waals surface area contributed by atoms with Gasteiger partial charge in [0.05, 0.1) is 14.2 Å². The molecule has 0 aliphatic heterocycles. The lowest BCUT2D eigenvalue weighted by molar-refractivity contribution is -0.137. The van der Waals surface area contributed by atoms with E-state index >= 15 is 0 Å². The van der Waals surface area contributed by atoms with Gasteiger partial charge in [-0.25, -0.2) is 8.42 Å². The number of benzene rings is 2. The monoisotopic (exact) mass is 365 g/mol. The van der Waals surface area contributed by atoms with Gasteiger partial charge in [-0.1, -0.05) is 30.3 Å². The molecule has 2 aromatic carbocycles. The number of sulfonamides is 1. The third-order valence-electron chi connectivity index (χ3n) is 3.50. The Hall–Kier alpha value is -2.58. The van der Waals surface area contributed by atoms with Crippen LogP contribution in [0.4, 0.5) is 0 Å². The number of carboxylic acid groups (broad SMARTS) is 1. The van der Waals surface area contributed by atoms with Gasteiger partial charge in [-0.2, -0.15) is 4.31 Å². The van der Waals surface area contributed by atoms with E-state index in [9.17, 15) is 13.2 Å². The zero-order chi connectivity index (χ0) is 18.4. The van der Waals surface area contributed by atoms with Crippen LogP contribution in [0.1, 0.15) is 5.56 Å². The summed E-state index contributed by atoms with van der Waals surface area (Å²) in [5, 5.41) is 9.14. The quantitative estimate of drug-likeness (QED) is 0.769. The second-order valence-corrected chi connectivity index (χ2v) is 7.08. The number of rotatable bonds is 8. The van der Waals surface area contributed by atoms with E-state index < -0.39 is 22.5 Å². The second-order valence-electron chi connectivity index (χ2n) is 5.17. The van der Waals surface area contributed by atoms with Crippen LogP contribution in [0.25, 0.3) is 0 Å². The first-order valence-corrected chi connectivity index (χ1v) is 8.80. The molecule has 0 saturated carbocycles. The molecular weight excluding hydrogens is 346 g/mol. The molecule has 0 unspecified atom stereocenters. The highest BCUT2D eigenvalue weighted by molar-refractivity contribution is 7.89. The Labute approximate surface area is 146 Å². The summed E-state index contributed by atoms with van der Waals surface area (Å²) in [5.74, 6) is -0.806. The minimum atomic E-state index is -4.12. The summed E-state index contributed by atoms with van der Waals surface area (Å²) in [4.78, 5) is 11.0. The smallest absolute Gasteiger partial charge is 0.318 e. The van der Waals surface area contributed by atoms with E-state index in [1.807, 2.05) is 0 Å². The highest BCUT2D eigenvalue weighted by Gasteiger charge is 2.30. The summed E-state index contributed by atoms with van der Waals surface area (Å²) in [6.07, 6.45) is 0. The van der Waals surface area contributed by atoms with E-state index in [1.165, 1.54) is 26.4 Å². The number of methoxy groups -OCH3 is 2. The van der Waals surface area contributed by atoms with E-state index in [0.29, 0.717) is 11.3 Å². The molecule has 25 heavy (non-hydrogen) atoms. The topological polar surface area (TPSA) is 93.1 Å². The van der Waals surface area contributed by atoms with Crippen LogP contribution in [0.3, 0.4) is 0 Å². The van der Waals surface area contributed by atoms with Gasteiger partial charge in [-0.15, -0.1) is 0 Å². The van der Waals surface area contributed by atoms with Crippen molar-refractivity contribution in [3.05, 3.63) is 54.1 Å². The standard InChI is InChI=1S/C17H19NO6S/c1-23-14-8-9-15(24-2)16(10-14)25(21,22)18(12-17(19)20)11-13-6-4-3-5-7-13/h3-10H,11-12H2,1-2H3,(H,19,20). The molecule has 1 N–H and O–H groups in total. The third-order valence-corrected chi connectivity index (χ3v) is 5.31. The Balaban J connectivity index is 2.49. The van der Waals surface area contributed by atoms with Crippen molar-refractivity contribution in [3.8, 4) is 11.5 Å². The van der Waals surface area contributed by atoms with Crippen LogP contribution >= 0.6 is 0 Å². The molecule has 0 heterocycles. The predicted molar refractivity (Wildman–Crippen MR) is 91.2 cm³/mol. The molecule has 0 radical (unpaired) electrons. The Bertz CT molecular complexity index is 835. The van der Waals surface area contributed by atoms with Crippen molar-refractivity contribution in [2.75, 3.05) is 20.8 Å². The molecule has 0 amide bonds. The number of hydrogen-bond acceptors (Lipinski definition) is 5. The van der Waals surface area contributed by atoms with Crippen molar-refractivity contribution in [3.63, 3.8) is 0 Å². The fourth-order valence-electron chi connectivity index (χ4n) is 2.29. The molecule has 7 nitrogen and oxygen atoms in total. The Kier molecular flexibility index (Phi) is 6.00. The van der Waals surface area contributed by atoms with E-state index in [2.05, 4.69) is 0 Å². The zero-order valence-corrected chi connectivity index (χ0v) is 14.7. The molecule has 0 aromatic heterocycles. The highest BCUT2D eigenvalue weighted by atomic mass is 32.2. The van der Waals surface area contributed by atoms with Gasteiger partial charge >= 0.3 is 5.97 Å². The molecule has 0 aliphatic carbocycles. The van der Waals surface area contributed by atoms with Gasteiger partial charge < -0.3 is 14.6 Å². The van der Waals surface area contributed by atoms with Gasteiger partial charge in [0.2, 0.25) is 10.0 Å². The minimum Gasteiger partial charge on any atom is -0.497 e.